The molecule has 0 aliphatic rings. The minimum atomic E-state index is -0.445. The van der Waals surface area contributed by atoms with Crippen molar-refractivity contribution in [2.24, 2.45) is 0 Å². The van der Waals surface area contributed by atoms with E-state index in [1.807, 2.05) is 43.3 Å². The average Bonchev–Trinajstić information content (AvgIpc) is 2.42. The molecule has 0 aliphatic carbocycles. The maximum absolute atomic E-state index is 9.14. The highest BCUT2D eigenvalue weighted by molar-refractivity contribution is 5.83. The number of aliphatic hydroxyl groups excluding tert-OH is 1. The van der Waals surface area contributed by atoms with E-state index in [9.17, 15) is 0 Å². The second-order valence-corrected chi connectivity index (χ2v) is 4.74. The molecule has 0 saturated carbocycles. The van der Waals surface area contributed by atoms with Crippen LogP contribution in [0.3, 0.4) is 0 Å². The van der Waals surface area contributed by atoms with Crippen LogP contribution in [0.4, 0.5) is 0 Å². The van der Waals surface area contributed by atoms with Crippen LogP contribution >= 0.6 is 0 Å². The van der Waals surface area contributed by atoms with E-state index in [0.717, 1.165) is 16.5 Å². The van der Waals surface area contributed by atoms with Crippen molar-refractivity contribution in [3.63, 3.8) is 0 Å². The molecule has 101 valence electrons. The van der Waals surface area contributed by atoms with E-state index in [4.69, 9.17) is 14.6 Å². The van der Waals surface area contributed by atoms with Crippen molar-refractivity contribution >= 4 is 10.8 Å². The second kappa shape index (κ2) is 6.55. The van der Waals surface area contributed by atoms with Crippen molar-refractivity contribution < 1.29 is 14.6 Å². The zero-order chi connectivity index (χ0) is 13.7. The zero-order valence-electron chi connectivity index (χ0n) is 11.3. The molecule has 0 bridgehead atoms. The quantitative estimate of drug-likeness (QED) is 0.867. The van der Waals surface area contributed by atoms with Gasteiger partial charge in [-0.25, -0.2) is 0 Å². The van der Waals surface area contributed by atoms with Crippen LogP contribution < -0.4 is 4.74 Å². The van der Waals surface area contributed by atoms with Crippen molar-refractivity contribution in [2.75, 3.05) is 13.2 Å². The maximum Gasteiger partial charge on any atom is 0.120 e. The predicted molar refractivity (Wildman–Crippen MR) is 75.4 cm³/mol. The van der Waals surface area contributed by atoms with Gasteiger partial charge < -0.3 is 14.6 Å². The van der Waals surface area contributed by atoms with E-state index in [2.05, 4.69) is 6.07 Å². The number of ether oxygens (including phenoxy) is 2. The molecule has 0 aromatic heterocycles. The highest BCUT2D eigenvalue weighted by Crippen LogP contribution is 2.20. The van der Waals surface area contributed by atoms with Gasteiger partial charge in [0.2, 0.25) is 0 Å². The van der Waals surface area contributed by atoms with Crippen molar-refractivity contribution in [3.05, 3.63) is 42.5 Å². The predicted octanol–water partition coefficient (Wildman–Crippen LogP) is 2.80. The zero-order valence-corrected chi connectivity index (χ0v) is 11.3. The topological polar surface area (TPSA) is 38.7 Å². The second-order valence-electron chi connectivity index (χ2n) is 4.74. The number of hydrogen-bond acceptors (Lipinski definition) is 3. The maximum atomic E-state index is 9.14. The first kappa shape index (κ1) is 13.8. The molecule has 0 fully saturated rings. The Kier molecular flexibility index (Phi) is 4.77. The minimum absolute atomic E-state index is 0.0468. The molecule has 0 amide bonds. The lowest BCUT2D eigenvalue weighted by Gasteiger charge is -2.15. The number of aliphatic hydroxyl groups is 1. The molecule has 2 aromatic carbocycles. The Morgan fingerprint density at radius 2 is 2.00 bits per heavy atom. The smallest absolute Gasteiger partial charge is 0.120 e. The molecule has 3 heteroatoms. The van der Waals surface area contributed by atoms with Crippen molar-refractivity contribution in [2.45, 2.75) is 26.1 Å². The summed E-state index contributed by atoms with van der Waals surface area (Å²) in [5.41, 5.74) is 0. The lowest BCUT2D eigenvalue weighted by Crippen LogP contribution is -2.22. The molecule has 0 spiro atoms. The van der Waals surface area contributed by atoms with Gasteiger partial charge in [0.25, 0.3) is 0 Å². The summed E-state index contributed by atoms with van der Waals surface area (Å²) in [6.07, 6.45) is -0.492. The summed E-state index contributed by atoms with van der Waals surface area (Å²) in [5.74, 6) is 0.825. The Morgan fingerprint density at radius 3 is 2.79 bits per heavy atom. The first-order chi connectivity index (χ1) is 9.15. The molecule has 1 N–H and O–H groups in total. The highest BCUT2D eigenvalue weighted by Gasteiger charge is 2.06. The van der Waals surface area contributed by atoms with Crippen LogP contribution in [0.1, 0.15) is 13.8 Å². The van der Waals surface area contributed by atoms with Gasteiger partial charge in [-0.15, -0.1) is 0 Å². The molecule has 0 heterocycles. The fourth-order valence-electron chi connectivity index (χ4n) is 1.76. The summed E-state index contributed by atoms with van der Waals surface area (Å²) < 4.78 is 11.1. The first-order valence-corrected chi connectivity index (χ1v) is 6.47. The van der Waals surface area contributed by atoms with Gasteiger partial charge in [0, 0.05) is 0 Å². The molecule has 0 saturated heterocycles. The van der Waals surface area contributed by atoms with Crippen molar-refractivity contribution in [1.82, 2.24) is 0 Å². The van der Waals surface area contributed by atoms with Crippen LogP contribution in [-0.2, 0) is 4.74 Å². The molecule has 3 nitrogen and oxygen atoms in total. The van der Waals surface area contributed by atoms with Crippen molar-refractivity contribution in [1.29, 1.82) is 0 Å². The Balaban J connectivity index is 1.90. The monoisotopic (exact) mass is 259 g/mol. The minimum Gasteiger partial charge on any atom is -0.491 e. The fraction of sp³-hybridized carbons (Fsp3) is 0.375. The summed E-state index contributed by atoms with van der Waals surface area (Å²) in [4.78, 5) is 0. The fourth-order valence-corrected chi connectivity index (χ4v) is 1.76. The van der Waals surface area contributed by atoms with E-state index >= 15 is 0 Å². The van der Waals surface area contributed by atoms with Crippen LogP contribution in [0, 0.1) is 6.07 Å². The highest BCUT2D eigenvalue weighted by atomic mass is 16.5. The van der Waals surface area contributed by atoms with Gasteiger partial charge in [-0.1, -0.05) is 18.2 Å². The third-order valence-corrected chi connectivity index (χ3v) is 2.76. The van der Waals surface area contributed by atoms with Crippen LogP contribution in [0.2, 0.25) is 0 Å². The third kappa shape index (κ3) is 4.23. The summed E-state index contributed by atoms with van der Waals surface area (Å²) in [6.45, 7) is 4.43. The molecule has 2 atom stereocenters. The Bertz CT molecular complexity index is 522. The molecule has 0 aliphatic heterocycles. The Labute approximate surface area is 113 Å². The van der Waals surface area contributed by atoms with Gasteiger partial charge in [0.1, 0.15) is 12.4 Å². The normalized spacial score (nSPS) is 14.3. The Hall–Kier alpha value is -1.58. The van der Waals surface area contributed by atoms with Gasteiger partial charge in [-0.3, -0.25) is 0 Å². The molecule has 19 heavy (non-hydrogen) atoms. The number of rotatable bonds is 6. The van der Waals surface area contributed by atoms with Crippen LogP contribution in [-0.4, -0.2) is 30.5 Å². The van der Waals surface area contributed by atoms with E-state index in [1.165, 1.54) is 0 Å². The summed E-state index contributed by atoms with van der Waals surface area (Å²) in [7, 11) is 0. The molecule has 2 aromatic rings. The van der Waals surface area contributed by atoms with Crippen LogP contribution in [0.15, 0.2) is 36.4 Å². The SMILES string of the molecule is CC(O)COC(C)COc1ccc2c[c]ccc2c1. The van der Waals surface area contributed by atoms with Gasteiger partial charge in [-0.2, -0.15) is 0 Å². The van der Waals surface area contributed by atoms with E-state index in [-0.39, 0.29) is 6.10 Å². The molecule has 2 rings (SSSR count). The van der Waals surface area contributed by atoms with Crippen LogP contribution in [0.25, 0.3) is 10.8 Å². The van der Waals surface area contributed by atoms with Gasteiger partial charge in [-0.05, 0) is 48.9 Å². The summed E-state index contributed by atoms with van der Waals surface area (Å²) >= 11 is 0. The van der Waals surface area contributed by atoms with Gasteiger partial charge in [0.15, 0.2) is 0 Å². The third-order valence-electron chi connectivity index (χ3n) is 2.76. The number of hydrogen-bond donors (Lipinski definition) is 1. The first-order valence-electron chi connectivity index (χ1n) is 6.47. The molecule has 2 unspecified atom stereocenters. The average molecular weight is 259 g/mol. The lowest BCUT2D eigenvalue weighted by molar-refractivity contribution is -0.0131. The molecular formula is C16H19O3. The van der Waals surface area contributed by atoms with Gasteiger partial charge in [0.05, 0.1) is 18.8 Å². The van der Waals surface area contributed by atoms with E-state index < -0.39 is 6.10 Å². The standard InChI is InChI=1S/C16H19O3/c1-12(17)10-18-13(2)11-19-16-8-7-14-5-3-4-6-15(14)9-16/h4-9,12-13,17H,10-11H2,1-2H3. The van der Waals surface area contributed by atoms with Gasteiger partial charge >= 0.3 is 0 Å². The lowest BCUT2D eigenvalue weighted by atomic mass is 10.1. The van der Waals surface area contributed by atoms with Crippen molar-refractivity contribution in [3.8, 4) is 5.75 Å². The Morgan fingerprint density at radius 1 is 1.16 bits per heavy atom. The largest absolute Gasteiger partial charge is 0.491 e. The van der Waals surface area contributed by atoms with E-state index in [0.29, 0.717) is 13.2 Å². The van der Waals surface area contributed by atoms with Crippen LogP contribution in [0.5, 0.6) is 5.75 Å². The summed E-state index contributed by atoms with van der Waals surface area (Å²) in [6, 6.07) is 14.9. The van der Waals surface area contributed by atoms with E-state index in [1.54, 1.807) is 6.92 Å². The summed E-state index contributed by atoms with van der Waals surface area (Å²) in [5, 5.41) is 11.4. The molecule has 1 radical (unpaired) electrons. The number of fused-ring (bicyclic) bond motifs is 1. The number of benzene rings is 2. The molecular weight excluding hydrogens is 240 g/mol.